The third-order valence-corrected chi connectivity index (χ3v) is 6.99. The van der Waals surface area contributed by atoms with Gasteiger partial charge in [0.05, 0.1) is 0 Å². The van der Waals surface area contributed by atoms with Crippen LogP contribution < -0.4 is 0 Å². The van der Waals surface area contributed by atoms with Gasteiger partial charge in [-0.2, -0.15) is 0 Å². The second-order valence-corrected chi connectivity index (χ2v) is 9.24. The molecule has 0 aliphatic carbocycles. The molecule has 0 amide bonds. The summed E-state index contributed by atoms with van der Waals surface area (Å²) >= 11 is 0. The van der Waals surface area contributed by atoms with Gasteiger partial charge in [0, 0.05) is 43.0 Å². The van der Waals surface area contributed by atoms with Gasteiger partial charge in [0.25, 0.3) is 0 Å². The molecule has 0 aliphatic rings. The first kappa shape index (κ1) is 24.2. The highest BCUT2D eigenvalue weighted by molar-refractivity contribution is 5.51. The molecule has 0 bridgehead atoms. The van der Waals surface area contributed by atoms with Crippen LogP contribution in [0.25, 0.3) is 0 Å². The van der Waals surface area contributed by atoms with Gasteiger partial charge in [0.15, 0.2) is 0 Å². The van der Waals surface area contributed by atoms with Gasteiger partial charge in [-0.1, -0.05) is 93.6 Å². The summed E-state index contributed by atoms with van der Waals surface area (Å²) in [6.07, 6.45) is 0. The van der Waals surface area contributed by atoms with Gasteiger partial charge >= 0.3 is 0 Å². The molecule has 0 heterocycles. The van der Waals surface area contributed by atoms with Crippen LogP contribution in [0, 0.1) is 0 Å². The highest BCUT2D eigenvalue weighted by atomic mass is 16.3. The summed E-state index contributed by atoms with van der Waals surface area (Å²) in [6.45, 7) is 8.71. The molecule has 3 atom stereocenters. The number of hydrogen-bond acceptors (Lipinski definition) is 3. The molecule has 3 aromatic carbocycles. The zero-order valence-corrected chi connectivity index (χ0v) is 19.6. The Hall–Kier alpha value is -2.46. The van der Waals surface area contributed by atoms with Crippen molar-refractivity contribution in [3.8, 4) is 0 Å². The summed E-state index contributed by atoms with van der Waals surface area (Å²) in [4.78, 5) is 0. The highest BCUT2D eigenvalue weighted by Crippen LogP contribution is 2.40. The minimum atomic E-state index is -0.372. The van der Waals surface area contributed by atoms with Gasteiger partial charge in [-0.25, -0.2) is 0 Å². The van der Waals surface area contributed by atoms with E-state index in [9.17, 15) is 15.3 Å². The van der Waals surface area contributed by atoms with Gasteiger partial charge in [-0.3, -0.25) is 0 Å². The quantitative estimate of drug-likeness (QED) is 0.401. The third-order valence-electron chi connectivity index (χ3n) is 6.99. The Bertz CT molecular complexity index is 844. The summed E-state index contributed by atoms with van der Waals surface area (Å²) in [5.74, 6) is 0.316. The summed E-state index contributed by atoms with van der Waals surface area (Å²) in [6, 6.07) is 25.6. The molecule has 3 heteroatoms. The lowest BCUT2D eigenvalue weighted by atomic mass is 9.70. The van der Waals surface area contributed by atoms with Crippen LogP contribution in [-0.4, -0.2) is 35.1 Å². The molecule has 3 N–H and O–H groups in total. The van der Waals surface area contributed by atoms with Crippen molar-refractivity contribution < 1.29 is 15.3 Å². The second kappa shape index (κ2) is 10.4. The minimum Gasteiger partial charge on any atom is -0.396 e. The highest BCUT2D eigenvalue weighted by Gasteiger charge is 2.31. The molecule has 3 unspecified atom stereocenters. The monoisotopic (exact) mass is 432 g/mol. The van der Waals surface area contributed by atoms with E-state index in [4.69, 9.17) is 0 Å². The Kier molecular flexibility index (Phi) is 7.89. The van der Waals surface area contributed by atoms with Gasteiger partial charge in [0.1, 0.15) is 0 Å². The summed E-state index contributed by atoms with van der Waals surface area (Å²) in [7, 11) is 0. The van der Waals surface area contributed by atoms with Crippen LogP contribution in [0.3, 0.4) is 0 Å². The van der Waals surface area contributed by atoms with Gasteiger partial charge in [-0.15, -0.1) is 0 Å². The molecular weight excluding hydrogens is 396 g/mol. The standard InChI is InChI=1S/C29H36O3/c1-20(17-30)23-5-11-26(12-6-23)29(4,27-13-7-24(8-14-27)21(2)18-31)28-15-9-25(10-16-28)22(3)19-32/h5-16,20-22,30-32H,17-19H2,1-4H3. The molecule has 0 saturated carbocycles. The fourth-order valence-corrected chi connectivity index (χ4v) is 4.25. The number of hydrogen-bond donors (Lipinski definition) is 3. The van der Waals surface area contributed by atoms with Crippen molar-refractivity contribution in [1.82, 2.24) is 0 Å². The first-order valence-electron chi connectivity index (χ1n) is 11.5. The maximum atomic E-state index is 9.52. The molecule has 0 radical (unpaired) electrons. The van der Waals surface area contributed by atoms with Crippen molar-refractivity contribution in [3.63, 3.8) is 0 Å². The molecule has 170 valence electrons. The van der Waals surface area contributed by atoms with Crippen LogP contribution in [0.15, 0.2) is 72.8 Å². The smallest absolute Gasteiger partial charge is 0.0497 e. The fourth-order valence-electron chi connectivity index (χ4n) is 4.25. The Balaban J connectivity index is 2.10. The van der Waals surface area contributed by atoms with Crippen molar-refractivity contribution in [2.24, 2.45) is 0 Å². The lowest BCUT2D eigenvalue weighted by Gasteiger charge is -2.33. The molecule has 0 saturated heterocycles. The predicted octanol–water partition coefficient (Wildman–Crippen LogP) is 5.33. The zero-order valence-electron chi connectivity index (χ0n) is 19.6. The van der Waals surface area contributed by atoms with Crippen LogP contribution in [-0.2, 0) is 5.41 Å². The van der Waals surface area contributed by atoms with Crippen LogP contribution >= 0.6 is 0 Å². The average Bonchev–Trinajstić information content (AvgIpc) is 2.87. The van der Waals surface area contributed by atoms with Gasteiger partial charge in [0.2, 0.25) is 0 Å². The fraction of sp³-hybridized carbons (Fsp3) is 0.379. The van der Waals surface area contributed by atoms with Crippen LogP contribution in [0.4, 0.5) is 0 Å². The Morgan fingerprint density at radius 1 is 0.500 bits per heavy atom. The van der Waals surface area contributed by atoms with E-state index in [0.29, 0.717) is 0 Å². The van der Waals surface area contributed by atoms with Crippen LogP contribution in [0.5, 0.6) is 0 Å². The third kappa shape index (κ3) is 4.80. The van der Waals surface area contributed by atoms with Gasteiger partial charge in [-0.05, 0) is 40.3 Å². The van der Waals surface area contributed by atoms with E-state index >= 15 is 0 Å². The largest absolute Gasteiger partial charge is 0.396 e. The molecule has 3 nitrogen and oxygen atoms in total. The first-order valence-corrected chi connectivity index (χ1v) is 11.5. The molecule has 0 fully saturated rings. The summed E-state index contributed by atoms with van der Waals surface area (Å²) in [5, 5.41) is 28.6. The molecular formula is C29H36O3. The maximum absolute atomic E-state index is 9.52. The first-order chi connectivity index (χ1) is 15.3. The van der Waals surface area contributed by atoms with E-state index in [1.807, 2.05) is 20.8 Å². The molecule has 0 spiro atoms. The van der Waals surface area contributed by atoms with Gasteiger partial charge < -0.3 is 15.3 Å². The minimum absolute atomic E-state index is 0.105. The van der Waals surface area contributed by atoms with Crippen LogP contribution in [0.1, 0.15) is 78.8 Å². The van der Waals surface area contributed by atoms with Crippen molar-refractivity contribution in [3.05, 3.63) is 106 Å². The normalized spacial score (nSPS) is 16.2. The summed E-state index contributed by atoms with van der Waals surface area (Å²) < 4.78 is 0. The second-order valence-electron chi connectivity index (χ2n) is 9.24. The molecule has 0 aromatic heterocycles. The van der Waals surface area contributed by atoms with E-state index < -0.39 is 0 Å². The molecule has 3 aromatic rings. The lowest BCUT2D eigenvalue weighted by Crippen LogP contribution is -2.25. The van der Waals surface area contributed by atoms with E-state index in [-0.39, 0.29) is 43.0 Å². The number of rotatable bonds is 9. The Morgan fingerprint density at radius 3 is 0.906 bits per heavy atom. The van der Waals surface area contributed by atoms with Crippen LogP contribution in [0.2, 0.25) is 0 Å². The predicted molar refractivity (Wildman–Crippen MR) is 131 cm³/mol. The molecule has 3 rings (SSSR count). The maximum Gasteiger partial charge on any atom is 0.0497 e. The average molecular weight is 433 g/mol. The van der Waals surface area contributed by atoms with E-state index in [2.05, 4.69) is 79.7 Å². The van der Waals surface area contributed by atoms with Crippen molar-refractivity contribution >= 4 is 0 Å². The SMILES string of the molecule is CC(CO)c1ccc(C(C)(c2ccc(C(C)CO)cc2)c2ccc(C(C)CO)cc2)cc1. The van der Waals surface area contributed by atoms with E-state index in [1.54, 1.807) is 0 Å². The molecule has 32 heavy (non-hydrogen) atoms. The zero-order chi connectivity index (χ0) is 23.3. The Labute approximate surface area is 192 Å². The van der Waals surface area contributed by atoms with Crippen molar-refractivity contribution in [2.75, 3.05) is 19.8 Å². The number of aliphatic hydroxyl groups excluding tert-OH is 3. The van der Waals surface area contributed by atoms with Crippen molar-refractivity contribution in [1.29, 1.82) is 0 Å². The van der Waals surface area contributed by atoms with E-state index in [0.717, 1.165) is 16.7 Å². The molecule has 0 aliphatic heterocycles. The summed E-state index contributed by atoms with van der Waals surface area (Å²) in [5.41, 5.74) is 6.53. The number of benzene rings is 3. The topological polar surface area (TPSA) is 60.7 Å². The lowest BCUT2D eigenvalue weighted by molar-refractivity contribution is 0.273. The Morgan fingerprint density at radius 2 is 0.719 bits per heavy atom. The van der Waals surface area contributed by atoms with Crippen molar-refractivity contribution in [2.45, 2.75) is 50.9 Å². The number of aliphatic hydroxyl groups is 3. The van der Waals surface area contributed by atoms with E-state index in [1.165, 1.54) is 16.7 Å².